The molecule has 0 unspecified atom stereocenters. The van der Waals surface area contributed by atoms with Gasteiger partial charge in [-0.3, -0.25) is 15.4 Å². The summed E-state index contributed by atoms with van der Waals surface area (Å²) in [7, 11) is 0. The van der Waals surface area contributed by atoms with E-state index >= 15 is 0 Å². The van der Waals surface area contributed by atoms with E-state index in [9.17, 15) is 19.7 Å². The highest BCUT2D eigenvalue weighted by molar-refractivity contribution is 5.89. The number of carbonyl (C=O) groups is 2. The van der Waals surface area contributed by atoms with E-state index < -0.39 is 22.2 Å². The summed E-state index contributed by atoms with van der Waals surface area (Å²) in [5, 5.41) is 14.1. The molecule has 2 amide bonds. The lowest BCUT2D eigenvalue weighted by molar-refractivity contribution is -0.383. The Balaban J connectivity index is 1.60. The van der Waals surface area contributed by atoms with E-state index in [0.29, 0.717) is 13.1 Å². The van der Waals surface area contributed by atoms with Gasteiger partial charge in [-0.1, -0.05) is 0 Å². The second kappa shape index (κ2) is 8.72. The molecule has 182 valence electrons. The molecule has 2 aliphatic heterocycles. The van der Waals surface area contributed by atoms with Gasteiger partial charge in [-0.2, -0.15) is 0 Å². The van der Waals surface area contributed by atoms with Crippen LogP contribution in [0, 0.1) is 15.5 Å². The third-order valence-electron chi connectivity index (χ3n) is 5.71. The largest absolute Gasteiger partial charge is 0.444 e. The van der Waals surface area contributed by atoms with Crippen LogP contribution in [0.1, 0.15) is 54.4 Å². The maximum atomic E-state index is 12.3. The summed E-state index contributed by atoms with van der Waals surface area (Å²) in [6.07, 6.45) is 0.710. The highest BCUT2D eigenvalue weighted by Gasteiger charge is 2.46. The summed E-state index contributed by atoms with van der Waals surface area (Å²) in [6, 6.07) is 4.78. The zero-order chi connectivity index (χ0) is 24.6. The van der Waals surface area contributed by atoms with Crippen LogP contribution >= 0.6 is 0 Å². The number of nitrogens with zero attached hydrogens (tertiary/aromatic N) is 3. The minimum Gasteiger partial charge on any atom is -0.444 e. The summed E-state index contributed by atoms with van der Waals surface area (Å²) in [4.78, 5) is 39.3. The van der Waals surface area contributed by atoms with Crippen molar-refractivity contribution in [2.24, 2.45) is 5.41 Å². The van der Waals surface area contributed by atoms with Crippen LogP contribution in [0.15, 0.2) is 18.2 Å². The van der Waals surface area contributed by atoms with Gasteiger partial charge >= 0.3 is 12.2 Å². The Labute approximate surface area is 194 Å². The van der Waals surface area contributed by atoms with Gasteiger partial charge in [-0.25, -0.2) is 9.59 Å². The quantitative estimate of drug-likeness (QED) is 0.508. The molecule has 0 bridgehead atoms. The molecule has 2 saturated heterocycles. The number of amides is 2. The fraction of sp³-hybridized carbons (Fsp3) is 0.652. The molecular formula is C23H34N4O6. The molecule has 1 spiro atoms. The minimum absolute atomic E-state index is 0.0962. The standard InChI is InChI=1S/C23H34N4O6/c1-21(2,3)32-19(28)24-17-8-7-16(13-18(17)27(30)31)26-14-23(15-26)9-11-25(12-10-23)20(29)33-22(4,5)6/h7-8,13H,9-12,14-15H2,1-6H3,(H,24,28). The Kier molecular flexibility index (Phi) is 6.50. The molecule has 0 radical (unpaired) electrons. The maximum Gasteiger partial charge on any atom is 0.412 e. The van der Waals surface area contributed by atoms with Crippen molar-refractivity contribution in [3.8, 4) is 0 Å². The van der Waals surface area contributed by atoms with Crippen LogP contribution in [0.3, 0.4) is 0 Å². The van der Waals surface area contributed by atoms with Gasteiger partial charge in [0, 0.05) is 43.3 Å². The number of nitro benzene ring substituents is 1. The first-order chi connectivity index (χ1) is 15.2. The van der Waals surface area contributed by atoms with E-state index in [0.717, 1.165) is 31.6 Å². The maximum absolute atomic E-state index is 12.3. The number of nitro groups is 1. The van der Waals surface area contributed by atoms with Crippen molar-refractivity contribution >= 4 is 29.2 Å². The summed E-state index contributed by atoms with van der Waals surface area (Å²) in [5.74, 6) is 0. The highest BCUT2D eigenvalue weighted by atomic mass is 16.6. The van der Waals surface area contributed by atoms with Gasteiger partial charge in [0.25, 0.3) is 5.69 Å². The van der Waals surface area contributed by atoms with Gasteiger partial charge in [-0.15, -0.1) is 0 Å². The molecule has 0 aliphatic carbocycles. The molecule has 0 atom stereocenters. The third kappa shape index (κ3) is 6.27. The van der Waals surface area contributed by atoms with Crippen molar-refractivity contribution in [3.63, 3.8) is 0 Å². The zero-order valence-corrected chi connectivity index (χ0v) is 20.3. The van der Waals surface area contributed by atoms with E-state index in [1.165, 1.54) is 12.1 Å². The normalized spacial score (nSPS) is 17.9. The zero-order valence-electron chi connectivity index (χ0n) is 20.3. The van der Waals surface area contributed by atoms with Crippen LogP contribution in [-0.4, -0.2) is 59.4 Å². The van der Waals surface area contributed by atoms with Gasteiger partial charge in [0.15, 0.2) is 0 Å². The predicted molar refractivity (Wildman–Crippen MR) is 125 cm³/mol. The van der Waals surface area contributed by atoms with Gasteiger partial charge in [0.2, 0.25) is 0 Å². The predicted octanol–water partition coefficient (Wildman–Crippen LogP) is 4.78. The Morgan fingerprint density at radius 2 is 1.61 bits per heavy atom. The van der Waals surface area contributed by atoms with Crippen LogP contribution in [0.25, 0.3) is 0 Å². The summed E-state index contributed by atoms with van der Waals surface area (Å²) in [6.45, 7) is 13.6. The molecule has 10 heteroatoms. The van der Waals surface area contributed by atoms with Crippen LogP contribution in [0.5, 0.6) is 0 Å². The molecular weight excluding hydrogens is 428 g/mol. The lowest BCUT2D eigenvalue weighted by Gasteiger charge is -2.54. The second-order valence-corrected chi connectivity index (χ2v) is 10.9. The highest BCUT2D eigenvalue weighted by Crippen LogP contribution is 2.44. The fourth-order valence-electron chi connectivity index (χ4n) is 4.14. The fourth-order valence-corrected chi connectivity index (χ4v) is 4.14. The van der Waals surface area contributed by atoms with Crippen LogP contribution in [0.4, 0.5) is 26.7 Å². The Hall–Kier alpha value is -3.04. The number of rotatable bonds is 3. The Morgan fingerprint density at radius 3 is 2.12 bits per heavy atom. The minimum atomic E-state index is -0.738. The van der Waals surface area contributed by atoms with Crippen LogP contribution < -0.4 is 10.2 Å². The average Bonchev–Trinajstić information content (AvgIpc) is 2.63. The number of nitrogens with one attached hydrogen (secondary N) is 1. The number of carbonyl (C=O) groups excluding carboxylic acids is 2. The van der Waals surface area contributed by atoms with Crippen LogP contribution in [0.2, 0.25) is 0 Å². The molecule has 2 heterocycles. The summed E-state index contributed by atoms with van der Waals surface area (Å²) in [5.41, 5.74) is -0.474. The first kappa shape index (κ1) is 24.6. The molecule has 1 aromatic rings. The Morgan fingerprint density at radius 1 is 1.03 bits per heavy atom. The molecule has 33 heavy (non-hydrogen) atoms. The van der Waals surface area contributed by atoms with Gasteiger partial charge in [0.1, 0.15) is 16.9 Å². The van der Waals surface area contributed by atoms with Gasteiger partial charge < -0.3 is 19.3 Å². The van der Waals surface area contributed by atoms with Gasteiger partial charge in [0.05, 0.1) is 4.92 Å². The smallest absolute Gasteiger partial charge is 0.412 e. The molecule has 0 aromatic heterocycles. The number of piperidine rings is 1. The molecule has 1 aromatic carbocycles. The van der Waals surface area contributed by atoms with Crippen molar-refractivity contribution in [1.29, 1.82) is 0 Å². The second-order valence-electron chi connectivity index (χ2n) is 10.9. The lowest BCUT2D eigenvalue weighted by Crippen LogP contribution is -2.61. The van der Waals surface area contributed by atoms with Crippen molar-refractivity contribution in [3.05, 3.63) is 28.3 Å². The SMILES string of the molecule is CC(C)(C)OC(=O)Nc1ccc(N2CC3(CCN(C(=O)OC(C)(C)C)CC3)C2)cc1[N+](=O)[O-]. The number of hydrogen-bond acceptors (Lipinski definition) is 7. The van der Waals surface area contributed by atoms with E-state index in [1.807, 2.05) is 20.8 Å². The van der Waals surface area contributed by atoms with Crippen molar-refractivity contribution in [1.82, 2.24) is 4.90 Å². The molecule has 2 aliphatic rings. The van der Waals surface area contributed by atoms with E-state index in [1.54, 1.807) is 31.7 Å². The Bertz CT molecular complexity index is 918. The number of likely N-dealkylation sites (tertiary alicyclic amines) is 1. The molecule has 3 rings (SSSR count). The first-order valence-corrected chi connectivity index (χ1v) is 11.2. The number of benzene rings is 1. The van der Waals surface area contributed by atoms with E-state index in [-0.39, 0.29) is 22.9 Å². The molecule has 0 saturated carbocycles. The summed E-state index contributed by atoms with van der Waals surface area (Å²) >= 11 is 0. The van der Waals surface area contributed by atoms with Crippen molar-refractivity contribution in [2.45, 2.75) is 65.6 Å². The molecule has 10 nitrogen and oxygen atoms in total. The van der Waals surface area contributed by atoms with Crippen molar-refractivity contribution in [2.75, 3.05) is 36.4 Å². The van der Waals surface area contributed by atoms with E-state index in [4.69, 9.17) is 9.47 Å². The van der Waals surface area contributed by atoms with E-state index in [2.05, 4.69) is 10.2 Å². The number of anilines is 2. The number of ether oxygens (including phenoxy) is 2. The molecule has 2 fully saturated rings. The van der Waals surface area contributed by atoms with Gasteiger partial charge in [-0.05, 0) is 66.5 Å². The summed E-state index contributed by atoms with van der Waals surface area (Å²) < 4.78 is 10.7. The number of hydrogen-bond donors (Lipinski definition) is 1. The monoisotopic (exact) mass is 462 g/mol. The average molecular weight is 463 g/mol. The lowest BCUT2D eigenvalue weighted by atomic mass is 9.72. The van der Waals surface area contributed by atoms with Crippen molar-refractivity contribution < 1.29 is 24.0 Å². The first-order valence-electron chi connectivity index (χ1n) is 11.2. The molecule has 1 N–H and O–H groups in total. The topological polar surface area (TPSA) is 114 Å². The third-order valence-corrected chi connectivity index (χ3v) is 5.71. The van der Waals surface area contributed by atoms with Crippen LogP contribution in [-0.2, 0) is 9.47 Å².